The summed E-state index contributed by atoms with van der Waals surface area (Å²) in [7, 11) is -0.545. The van der Waals surface area contributed by atoms with Crippen molar-refractivity contribution in [3.63, 3.8) is 0 Å². The predicted molar refractivity (Wildman–Crippen MR) is 191 cm³/mol. The van der Waals surface area contributed by atoms with E-state index in [1.807, 2.05) is 65.8 Å². The van der Waals surface area contributed by atoms with Gasteiger partial charge in [0, 0.05) is 18.1 Å². The van der Waals surface area contributed by atoms with Crippen LogP contribution in [0.25, 0.3) is 0 Å². The Morgan fingerprint density at radius 3 is 1.13 bits per heavy atom. The topological polar surface area (TPSA) is 105 Å². The monoisotopic (exact) mass is 687 g/mol. The molecule has 8 nitrogen and oxygen atoms in total. The van der Waals surface area contributed by atoms with Gasteiger partial charge in [-0.15, -0.1) is 0 Å². The van der Waals surface area contributed by atoms with E-state index >= 15 is 0 Å². The van der Waals surface area contributed by atoms with Gasteiger partial charge in [0.25, 0.3) is 0 Å². The molecule has 1 radical (unpaired) electrons. The van der Waals surface area contributed by atoms with Crippen LogP contribution in [-0.4, -0.2) is 53.7 Å². The molecule has 47 heavy (non-hydrogen) atoms. The van der Waals surface area contributed by atoms with Gasteiger partial charge in [0.15, 0.2) is 17.4 Å². The quantitative estimate of drug-likeness (QED) is 0.0846. The normalized spacial score (nSPS) is 14.1. The largest absolute Gasteiger partial charge is 0.461 e. The van der Waals surface area contributed by atoms with Crippen LogP contribution in [0.1, 0.15) is 103 Å². The van der Waals surface area contributed by atoms with Crippen molar-refractivity contribution >= 4 is 40.7 Å². The second-order valence-electron chi connectivity index (χ2n) is 14.5. The Morgan fingerprint density at radius 2 is 0.872 bits per heavy atom. The van der Waals surface area contributed by atoms with E-state index in [0.717, 1.165) is 33.4 Å². The number of benzene rings is 2. The maximum absolute atomic E-state index is 14.1. The number of ketones is 2. The fraction of sp³-hybridized carbons (Fsp3) is 0.541. The van der Waals surface area contributed by atoms with Gasteiger partial charge in [0.2, 0.25) is 0 Å². The van der Waals surface area contributed by atoms with Gasteiger partial charge in [-0.3, -0.25) is 19.2 Å². The van der Waals surface area contributed by atoms with Crippen molar-refractivity contribution in [2.24, 2.45) is 10.8 Å². The minimum atomic E-state index is -1.68. The third-order valence-electron chi connectivity index (χ3n) is 7.23. The van der Waals surface area contributed by atoms with Gasteiger partial charge in [0.05, 0.1) is 10.8 Å². The minimum absolute atomic E-state index is 0.0405. The molecule has 2 rings (SSSR count). The fourth-order valence-electron chi connectivity index (χ4n) is 5.10. The van der Waals surface area contributed by atoms with E-state index in [-0.39, 0.29) is 41.4 Å². The SMILES string of the molecule is [CH2]C(C)(OC(PCOC(=O)C(C)(C)C)C(=O)c1c(C)cc(C)cc1C)OC(PCOC(=O)C(C)(C)C)C(=O)c1c(C)cc(C)cc1C. The van der Waals surface area contributed by atoms with E-state index in [1.54, 1.807) is 48.5 Å². The highest BCUT2D eigenvalue weighted by molar-refractivity contribution is 7.40. The summed E-state index contributed by atoms with van der Waals surface area (Å²) in [5.74, 6) is -5.21. The number of rotatable bonds is 14. The van der Waals surface area contributed by atoms with Crippen LogP contribution in [0.5, 0.6) is 0 Å². The molecule has 0 saturated heterocycles. The van der Waals surface area contributed by atoms with Crippen LogP contribution in [0.15, 0.2) is 24.3 Å². The average molecular weight is 688 g/mol. The van der Waals surface area contributed by atoms with Crippen LogP contribution in [0.3, 0.4) is 0 Å². The van der Waals surface area contributed by atoms with Crippen LogP contribution in [-0.2, 0) is 28.5 Å². The van der Waals surface area contributed by atoms with Gasteiger partial charge in [-0.05, 0) is 129 Å². The molecule has 0 aliphatic rings. The van der Waals surface area contributed by atoms with Crippen molar-refractivity contribution < 1.29 is 38.1 Å². The Labute approximate surface area is 285 Å². The summed E-state index contributed by atoms with van der Waals surface area (Å²) >= 11 is 0. The number of ether oxygens (including phenoxy) is 4. The van der Waals surface area contributed by atoms with Gasteiger partial charge in [0.1, 0.15) is 24.4 Å². The smallest absolute Gasteiger partial charge is 0.311 e. The second-order valence-corrected chi connectivity index (χ2v) is 16.9. The van der Waals surface area contributed by atoms with Crippen molar-refractivity contribution in [3.8, 4) is 0 Å². The molecule has 2 aromatic rings. The van der Waals surface area contributed by atoms with Crippen LogP contribution in [0.4, 0.5) is 0 Å². The third kappa shape index (κ3) is 11.9. The van der Waals surface area contributed by atoms with Crippen molar-refractivity contribution in [1.82, 2.24) is 0 Å². The Morgan fingerprint density at radius 1 is 0.596 bits per heavy atom. The molecule has 0 saturated carbocycles. The summed E-state index contributed by atoms with van der Waals surface area (Å²) in [5, 5.41) is 0. The third-order valence-corrected chi connectivity index (χ3v) is 9.35. The maximum Gasteiger partial charge on any atom is 0.311 e. The molecule has 0 bridgehead atoms. The lowest BCUT2D eigenvalue weighted by Crippen LogP contribution is -2.41. The highest BCUT2D eigenvalue weighted by atomic mass is 31.1. The number of Topliss-reactive ketones (excluding diaryl/α,β-unsaturated/α-hetero) is 2. The van der Waals surface area contributed by atoms with Crippen LogP contribution < -0.4 is 0 Å². The molecule has 0 spiro atoms. The van der Waals surface area contributed by atoms with Crippen molar-refractivity contribution in [2.45, 2.75) is 107 Å². The first-order chi connectivity index (χ1) is 21.4. The average Bonchev–Trinajstić information content (AvgIpc) is 2.89. The van der Waals surface area contributed by atoms with Crippen molar-refractivity contribution in [3.05, 3.63) is 75.7 Å². The number of carbonyl (C=O) groups is 4. The van der Waals surface area contributed by atoms with Crippen LogP contribution in [0.2, 0.25) is 0 Å². The lowest BCUT2D eigenvalue weighted by atomic mass is 9.96. The van der Waals surface area contributed by atoms with E-state index in [2.05, 4.69) is 6.92 Å². The number of hydrogen-bond donors (Lipinski definition) is 0. The molecule has 0 N–H and O–H groups in total. The summed E-state index contributed by atoms with van der Waals surface area (Å²) in [6, 6.07) is 7.73. The molecule has 0 amide bonds. The molecule has 0 aromatic heterocycles. The molecule has 0 aliphatic carbocycles. The molecular formula is C37H53O8P2. The number of carbonyl (C=O) groups excluding carboxylic acids is 4. The molecule has 0 fully saturated rings. The zero-order chi connectivity index (χ0) is 36.1. The molecule has 4 atom stereocenters. The lowest BCUT2D eigenvalue weighted by molar-refractivity contribution is -0.196. The summed E-state index contributed by atoms with van der Waals surface area (Å²) in [4.78, 5) is 53.2. The highest BCUT2D eigenvalue weighted by Gasteiger charge is 2.37. The molecule has 259 valence electrons. The molecule has 0 aliphatic heterocycles. The predicted octanol–water partition coefficient (Wildman–Crippen LogP) is 8.29. The summed E-state index contributed by atoms with van der Waals surface area (Å²) in [6.45, 7) is 27.6. The van der Waals surface area contributed by atoms with Gasteiger partial charge >= 0.3 is 11.9 Å². The van der Waals surface area contributed by atoms with Gasteiger partial charge in [-0.1, -0.05) is 35.4 Å². The highest BCUT2D eigenvalue weighted by Crippen LogP contribution is 2.36. The number of aryl methyl sites for hydroxylation is 6. The minimum Gasteiger partial charge on any atom is -0.461 e. The van der Waals surface area contributed by atoms with Crippen LogP contribution >= 0.6 is 17.2 Å². The fourth-order valence-corrected chi connectivity index (χ4v) is 7.16. The number of hydrogen-bond acceptors (Lipinski definition) is 8. The maximum atomic E-state index is 14.1. The molecule has 10 heteroatoms. The van der Waals surface area contributed by atoms with E-state index in [9.17, 15) is 19.2 Å². The molecular weight excluding hydrogens is 634 g/mol. The zero-order valence-corrected chi connectivity index (χ0v) is 32.4. The first kappa shape index (κ1) is 40.7. The van der Waals surface area contributed by atoms with E-state index in [4.69, 9.17) is 18.9 Å². The molecule has 2 aromatic carbocycles. The number of esters is 2. The molecule has 0 heterocycles. The van der Waals surface area contributed by atoms with E-state index in [0.29, 0.717) is 11.1 Å². The first-order valence-corrected chi connectivity index (χ1v) is 18.3. The lowest BCUT2D eigenvalue weighted by Gasteiger charge is -2.34. The Hall–Kier alpha value is -2.50. The van der Waals surface area contributed by atoms with Crippen molar-refractivity contribution in [2.75, 3.05) is 12.7 Å². The molecule has 4 unspecified atom stereocenters. The summed E-state index contributed by atoms with van der Waals surface area (Å²) in [5.41, 5.74) is 4.84. The first-order valence-electron chi connectivity index (χ1n) is 15.7. The van der Waals surface area contributed by atoms with Gasteiger partial charge < -0.3 is 18.9 Å². The van der Waals surface area contributed by atoms with Crippen molar-refractivity contribution in [1.29, 1.82) is 0 Å². The Bertz CT molecular complexity index is 1320. The van der Waals surface area contributed by atoms with E-state index in [1.165, 1.54) is 0 Å². The Kier molecular flexibility index (Phi) is 14.1. The van der Waals surface area contributed by atoms with Gasteiger partial charge in [-0.2, -0.15) is 0 Å². The summed E-state index contributed by atoms with van der Waals surface area (Å²) < 4.78 is 23.7. The second kappa shape index (κ2) is 16.3. The zero-order valence-electron chi connectivity index (χ0n) is 30.4. The van der Waals surface area contributed by atoms with E-state index < -0.39 is 40.2 Å². The summed E-state index contributed by atoms with van der Waals surface area (Å²) in [6.07, 6.45) is -0.0810. The Balaban J connectivity index is 2.46. The van der Waals surface area contributed by atoms with Gasteiger partial charge in [-0.25, -0.2) is 0 Å². The van der Waals surface area contributed by atoms with Crippen LogP contribution in [0, 0.1) is 59.3 Å². The standard InChI is InChI=1S/C37H53O8P2/c1-21-15-23(3)27(24(4)16-21)29(38)31(46-19-42-33(40)35(7,8)9)44-37(13,14)45-32(47-20-43-34(41)36(10,11)12)30(39)28-25(5)17-22(2)18-26(28)6/h15-18,31-32,46-47H,13,19-20H2,1-12,14H3.